The van der Waals surface area contributed by atoms with E-state index in [-0.39, 0.29) is 0 Å². The van der Waals surface area contributed by atoms with Gasteiger partial charge in [0.15, 0.2) is 5.83 Å². The second kappa shape index (κ2) is 12.7. The average molecular weight is 287 g/mol. The minimum Gasteiger partial charge on any atom is -0.276 e. The third-order valence-corrected chi connectivity index (χ3v) is 1.19. The van der Waals surface area contributed by atoms with E-state index in [4.69, 9.17) is 28.0 Å². The molecule has 0 fully saturated rings. The van der Waals surface area contributed by atoms with E-state index >= 15 is 0 Å². The Morgan fingerprint density at radius 2 is 1.29 bits per heavy atom. The molecule has 7 heteroatoms. The maximum atomic E-state index is 10.9. The molecule has 0 N–H and O–H groups in total. The highest BCUT2D eigenvalue weighted by Crippen LogP contribution is 1.91. The van der Waals surface area contributed by atoms with Crippen molar-refractivity contribution in [3.05, 3.63) is 37.2 Å². The Kier molecular flexibility index (Phi) is 15.7. The maximum absolute atomic E-state index is 10.9. The van der Waals surface area contributed by atoms with E-state index in [2.05, 4.69) is 19.7 Å². The van der Waals surface area contributed by atoms with Gasteiger partial charge in [0.2, 0.25) is 10.5 Å². The van der Waals surface area contributed by atoms with Gasteiger partial charge in [-0.15, -0.1) is 0 Å². The Balaban J connectivity index is -0.000000174. The minimum atomic E-state index is -2.10. The van der Waals surface area contributed by atoms with Crippen molar-refractivity contribution in [2.24, 2.45) is 0 Å². The second-order valence-electron chi connectivity index (χ2n) is 2.24. The van der Waals surface area contributed by atoms with Crippen LogP contribution in [-0.4, -0.2) is 16.5 Å². The lowest BCUT2D eigenvalue weighted by molar-refractivity contribution is -0.126. The van der Waals surface area contributed by atoms with E-state index in [1.807, 2.05) is 0 Å². The van der Waals surface area contributed by atoms with Crippen LogP contribution in [0.1, 0.15) is 6.92 Å². The van der Waals surface area contributed by atoms with Gasteiger partial charge in [0.1, 0.15) is 0 Å². The molecule has 0 aromatic heterocycles. The summed E-state index contributed by atoms with van der Waals surface area (Å²) < 4.78 is 21.6. The molecule has 17 heavy (non-hydrogen) atoms. The highest BCUT2D eigenvalue weighted by atomic mass is 35.5. The number of carbonyl (C=O) groups excluding carboxylic acids is 3. The lowest BCUT2D eigenvalue weighted by atomic mass is 10.4. The van der Waals surface area contributed by atoms with Gasteiger partial charge in [-0.1, -0.05) is 19.7 Å². The SMILES string of the molecule is C=C(C)C(=O)Cl.C=C(F)C(=O)F.C=CC(=O)Cl. The highest BCUT2D eigenvalue weighted by molar-refractivity contribution is 6.67. The first-order valence-corrected chi connectivity index (χ1v) is 4.53. The van der Waals surface area contributed by atoms with Crippen LogP contribution in [0.4, 0.5) is 8.78 Å². The summed E-state index contributed by atoms with van der Waals surface area (Å²) in [6.07, 6.45) is 1.04. The van der Waals surface area contributed by atoms with Crippen LogP contribution in [0.5, 0.6) is 0 Å². The number of hydrogen-bond acceptors (Lipinski definition) is 3. The average Bonchev–Trinajstić information content (AvgIpc) is 2.19. The molecule has 0 saturated heterocycles. The van der Waals surface area contributed by atoms with Crippen LogP contribution in [0.15, 0.2) is 37.2 Å². The fourth-order valence-electron chi connectivity index (χ4n) is 0. The lowest BCUT2D eigenvalue weighted by Gasteiger charge is -1.77. The second-order valence-corrected chi connectivity index (χ2v) is 2.96. The minimum absolute atomic E-state index is 0.386. The van der Waals surface area contributed by atoms with Crippen molar-refractivity contribution in [2.45, 2.75) is 6.92 Å². The van der Waals surface area contributed by atoms with E-state index in [1.54, 1.807) is 6.92 Å². The quantitative estimate of drug-likeness (QED) is 0.591. The molecule has 0 amide bonds. The number of halogens is 4. The first-order chi connectivity index (χ1) is 7.56. The topological polar surface area (TPSA) is 51.2 Å². The van der Waals surface area contributed by atoms with Crippen LogP contribution in [0, 0.1) is 0 Å². The van der Waals surface area contributed by atoms with Gasteiger partial charge in [-0.2, -0.15) is 4.39 Å². The first-order valence-electron chi connectivity index (χ1n) is 3.77. The summed E-state index contributed by atoms with van der Waals surface area (Å²) in [5, 5.41) is -0.972. The van der Waals surface area contributed by atoms with Crippen molar-refractivity contribution in [3.8, 4) is 0 Å². The van der Waals surface area contributed by atoms with Gasteiger partial charge < -0.3 is 0 Å². The molecule has 0 aromatic carbocycles. The van der Waals surface area contributed by atoms with Crippen molar-refractivity contribution >= 4 is 39.7 Å². The molecule has 0 radical (unpaired) electrons. The van der Waals surface area contributed by atoms with Gasteiger partial charge in [0.25, 0.3) is 0 Å². The predicted octanol–water partition coefficient (Wildman–Crippen LogP) is 3.23. The van der Waals surface area contributed by atoms with Gasteiger partial charge in [0.05, 0.1) is 0 Å². The van der Waals surface area contributed by atoms with Crippen LogP contribution in [0.25, 0.3) is 0 Å². The van der Waals surface area contributed by atoms with Gasteiger partial charge >= 0.3 is 6.04 Å². The molecule has 3 nitrogen and oxygen atoms in total. The van der Waals surface area contributed by atoms with E-state index in [9.17, 15) is 18.4 Å². The largest absolute Gasteiger partial charge is 0.359 e. The van der Waals surface area contributed by atoms with Crippen molar-refractivity contribution in [1.29, 1.82) is 0 Å². The standard InChI is InChI=1S/C4H5ClO.C3H3ClO.C3H2F2O/c1-3(2)4(5)6;1-2-3(4)5;1-2(4)3(5)6/h1H2,2H3;2H,1H2;1H2. The van der Waals surface area contributed by atoms with E-state index in [0.29, 0.717) is 5.57 Å². The van der Waals surface area contributed by atoms with E-state index < -0.39 is 22.3 Å². The maximum Gasteiger partial charge on any atom is 0.359 e. The number of carbonyl (C=O) groups is 3. The Morgan fingerprint density at radius 1 is 1.12 bits per heavy atom. The monoisotopic (exact) mass is 286 g/mol. The third-order valence-electron chi connectivity index (χ3n) is 0.709. The molecule has 0 heterocycles. The lowest BCUT2D eigenvalue weighted by Crippen LogP contribution is -1.81. The molecular weight excluding hydrogens is 277 g/mol. The smallest absolute Gasteiger partial charge is 0.276 e. The number of rotatable bonds is 3. The van der Waals surface area contributed by atoms with Crippen molar-refractivity contribution in [1.82, 2.24) is 0 Å². The third kappa shape index (κ3) is 31.3. The zero-order valence-electron chi connectivity index (χ0n) is 8.94. The Hall–Kier alpha value is -1.33. The van der Waals surface area contributed by atoms with Crippen LogP contribution in [0.2, 0.25) is 0 Å². The fraction of sp³-hybridized carbons (Fsp3) is 0.100. The van der Waals surface area contributed by atoms with Crippen LogP contribution in [0.3, 0.4) is 0 Å². The molecule has 0 bridgehead atoms. The normalized spacial score (nSPS) is 7.35. The molecule has 0 aliphatic carbocycles. The zero-order valence-corrected chi connectivity index (χ0v) is 10.4. The van der Waals surface area contributed by atoms with Crippen molar-refractivity contribution < 1.29 is 23.2 Å². The summed E-state index contributed by atoms with van der Waals surface area (Å²) >= 11 is 9.58. The summed E-state index contributed by atoms with van der Waals surface area (Å²) in [5.41, 5.74) is 0.386. The van der Waals surface area contributed by atoms with Gasteiger partial charge in [0, 0.05) is 5.57 Å². The van der Waals surface area contributed by atoms with Gasteiger partial charge in [-0.3, -0.25) is 14.4 Å². The molecule has 0 aromatic rings. The summed E-state index contributed by atoms with van der Waals surface area (Å²) in [4.78, 5) is 28.3. The molecule has 0 unspecified atom stereocenters. The summed E-state index contributed by atoms with van der Waals surface area (Å²) in [7, 11) is 0. The van der Waals surface area contributed by atoms with Crippen LogP contribution >= 0.6 is 23.2 Å². The Labute approximate surface area is 107 Å². The molecule has 0 aliphatic heterocycles. The van der Waals surface area contributed by atoms with Crippen LogP contribution < -0.4 is 0 Å². The molecule has 96 valence electrons. The molecule has 0 spiro atoms. The summed E-state index contributed by atoms with van der Waals surface area (Å²) in [6, 6.07) is -2.10. The van der Waals surface area contributed by atoms with E-state index in [1.165, 1.54) is 0 Å². The van der Waals surface area contributed by atoms with E-state index in [0.717, 1.165) is 6.08 Å². The molecule has 0 saturated carbocycles. The van der Waals surface area contributed by atoms with Gasteiger partial charge in [-0.05, 0) is 36.2 Å². The van der Waals surface area contributed by atoms with Gasteiger partial charge in [-0.25, -0.2) is 4.39 Å². The highest BCUT2D eigenvalue weighted by Gasteiger charge is 1.98. The van der Waals surface area contributed by atoms with Crippen molar-refractivity contribution in [2.75, 3.05) is 0 Å². The zero-order chi connectivity index (χ0) is 14.6. The predicted molar refractivity (Wildman–Crippen MR) is 63.1 cm³/mol. The molecule has 0 rings (SSSR count). The Morgan fingerprint density at radius 3 is 1.29 bits per heavy atom. The fourth-order valence-corrected chi connectivity index (χ4v) is 0. The van der Waals surface area contributed by atoms with Crippen LogP contribution in [-0.2, 0) is 14.4 Å². The molecule has 0 aliphatic rings. The Bertz CT molecular complexity index is 290. The molecule has 0 atom stereocenters. The summed E-state index contributed by atoms with van der Waals surface area (Å²) in [6.45, 7) is 10.3. The number of hydrogen-bond donors (Lipinski definition) is 0. The molecular formula is C10H10Cl2F2O3. The summed E-state index contributed by atoms with van der Waals surface area (Å²) in [5.74, 6) is -1.55. The first kappa shape index (κ1) is 21.0. The van der Waals surface area contributed by atoms with Crippen molar-refractivity contribution in [3.63, 3.8) is 0 Å². The number of allylic oxidation sites excluding steroid dienone is 3.